The first-order valence-corrected chi connectivity index (χ1v) is 7.56. The van der Waals surface area contributed by atoms with Crippen molar-refractivity contribution in [3.63, 3.8) is 0 Å². The number of likely N-dealkylation sites (tertiary alicyclic amines) is 1. The van der Waals surface area contributed by atoms with E-state index in [2.05, 4.69) is 29.3 Å². The van der Waals surface area contributed by atoms with Crippen molar-refractivity contribution in [2.45, 2.75) is 19.4 Å². The van der Waals surface area contributed by atoms with Crippen LogP contribution in [0.15, 0.2) is 18.2 Å². The lowest BCUT2D eigenvalue weighted by Crippen LogP contribution is -2.27. The normalized spacial score (nSPS) is 23.8. The lowest BCUT2D eigenvalue weighted by atomic mass is 10.1. The number of hydrogen-bond acceptors (Lipinski definition) is 4. The van der Waals surface area contributed by atoms with Gasteiger partial charge < -0.3 is 14.8 Å². The quantitative estimate of drug-likeness (QED) is 0.912. The van der Waals surface area contributed by atoms with Crippen LogP contribution in [0, 0.1) is 5.92 Å². The number of nitrogens with zero attached hydrogens (tertiary/aromatic N) is 1. The molecule has 0 spiro atoms. The summed E-state index contributed by atoms with van der Waals surface area (Å²) < 4.78 is 11.3. The second-order valence-corrected chi connectivity index (χ2v) is 5.79. The Balaban J connectivity index is 1.69. The Hall–Kier alpha value is -1.26. The van der Waals surface area contributed by atoms with Crippen LogP contribution < -0.4 is 14.8 Å². The van der Waals surface area contributed by atoms with Gasteiger partial charge in [0.1, 0.15) is 13.2 Å². The van der Waals surface area contributed by atoms with Gasteiger partial charge in [0, 0.05) is 12.6 Å². The van der Waals surface area contributed by atoms with Gasteiger partial charge in [0.15, 0.2) is 11.5 Å². The summed E-state index contributed by atoms with van der Waals surface area (Å²) in [5, 5.41) is 3.29. The number of fused-ring (bicyclic) bond motifs is 1. The highest BCUT2D eigenvalue weighted by molar-refractivity contribution is 5.44. The van der Waals surface area contributed by atoms with Gasteiger partial charge in [-0.25, -0.2) is 0 Å². The van der Waals surface area contributed by atoms with E-state index < -0.39 is 0 Å². The number of rotatable bonds is 4. The molecule has 2 aliphatic rings. The van der Waals surface area contributed by atoms with E-state index in [9.17, 15) is 0 Å². The van der Waals surface area contributed by atoms with E-state index in [0.717, 1.165) is 24.0 Å². The third-order valence-corrected chi connectivity index (χ3v) is 4.41. The molecule has 0 bridgehead atoms. The van der Waals surface area contributed by atoms with E-state index in [1.807, 2.05) is 13.1 Å². The maximum absolute atomic E-state index is 5.68. The average Bonchev–Trinajstić information content (AvgIpc) is 2.95. The maximum atomic E-state index is 5.68. The van der Waals surface area contributed by atoms with Gasteiger partial charge in [0.25, 0.3) is 0 Å². The van der Waals surface area contributed by atoms with Gasteiger partial charge in [0.05, 0.1) is 0 Å². The number of benzene rings is 1. The molecular formula is C16H24N2O2. The standard InChI is InChI=1S/C16H24N2O2/c1-12(18-6-5-13(11-18)10-17-2)14-3-4-15-16(9-14)20-8-7-19-15/h3-4,9,12-13,17H,5-8,10-11H2,1-2H3. The van der Waals surface area contributed by atoms with E-state index in [4.69, 9.17) is 9.47 Å². The molecule has 0 saturated carbocycles. The van der Waals surface area contributed by atoms with Gasteiger partial charge in [0.2, 0.25) is 0 Å². The van der Waals surface area contributed by atoms with Gasteiger partial charge in [-0.05, 0) is 57.1 Å². The van der Waals surface area contributed by atoms with E-state index in [1.54, 1.807) is 0 Å². The summed E-state index contributed by atoms with van der Waals surface area (Å²) in [6.07, 6.45) is 1.29. The van der Waals surface area contributed by atoms with Gasteiger partial charge in [-0.3, -0.25) is 4.90 Å². The first kappa shape index (κ1) is 13.7. The molecule has 0 amide bonds. The summed E-state index contributed by atoms with van der Waals surface area (Å²) >= 11 is 0. The molecule has 1 aromatic carbocycles. The molecule has 20 heavy (non-hydrogen) atoms. The third-order valence-electron chi connectivity index (χ3n) is 4.41. The summed E-state index contributed by atoms with van der Waals surface area (Å²) in [7, 11) is 2.03. The second-order valence-electron chi connectivity index (χ2n) is 5.79. The van der Waals surface area contributed by atoms with Crippen LogP contribution in [0.1, 0.15) is 24.9 Å². The van der Waals surface area contributed by atoms with Crippen LogP contribution in [0.3, 0.4) is 0 Å². The molecule has 1 fully saturated rings. The molecule has 0 radical (unpaired) electrons. The first-order valence-electron chi connectivity index (χ1n) is 7.56. The zero-order valence-electron chi connectivity index (χ0n) is 12.4. The second kappa shape index (κ2) is 6.02. The van der Waals surface area contributed by atoms with Crippen LogP contribution in [-0.2, 0) is 0 Å². The molecule has 4 heteroatoms. The van der Waals surface area contributed by atoms with Crippen molar-refractivity contribution in [1.82, 2.24) is 10.2 Å². The first-order chi connectivity index (χ1) is 9.78. The van der Waals surface area contributed by atoms with Crippen LogP contribution in [-0.4, -0.2) is 44.8 Å². The van der Waals surface area contributed by atoms with E-state index >= 15 is 0 Å². The van der Waals surface area contributed by atoms with Crippen molar-refractivity contribution in [2.24, 2.45) is 5.92 Å². The minimum atomic E-state index is 0.438. The van der Waals surface area contributed by atoms with Crippen molar-refractivity contribution in [1.29, 1.82) is 0 Å². The molecular weight excluding hydrogens is 252 g/mol. The Labute approximate surface area is 121 Å². The van der Waals surface area contributed by atoms with Gasteiger partial charge in [-0.15, -0.1) is 0 Å². The zero-order valence-corrected chi connectivity index (χ0v) is 12.4. The molecule has 4 nitrogen and oxygen atoms in total. The molecule has 1 aromatic rings. The topological polar surface area (TPSA) is 33.7 Å². The van der Waals surface area contributed by atoms with E-state index in [1.165, 1.54) is 25.1 Å². The van der Waals surface area contributed by atoms with E-state index in [-0.39, 0.29) is 0 Å². The fraction of sp³-hybridized carbons (Fsp3) is 0.625. The van der Waals surface area contributed by atoms with E-state index in [0.29, 0.717) is 19.3 Å². The molecule has 2 unspecified atom stereocenters. The Bertz CT molecular complexity index is 464. The largest absolute Gasteiger partial charge is 0.486 e. The van der Waals surface area contributed by atoms with Crippen molar-refractivity contribution in [3.8, 4) is 11.5 Å². The van der Waals surface area contributed by atoms with Gasteiger partial charge in [-0.1, -0.05) is 6.07 Å². The summed E-state index contributed by atoms with van der Waals surface area (Å²) in [6.45, 7) is 7.06. The predicted octanol–water partition coefficient (Wildman–Crippen LogP) is 2.06. The zero-order chi connectivity index (χ0) is 13.9. The molecule has 2 atom stereocenters. The lowest BCUT2D eigenvalue weighted by molar-refractivity contribution is 0.170. The van der Waals surface area contributed by atoms with Crippen molar-refractivity contribution < 1.29 is 9.47 Å². The summed E-state index contributed by atoms with van der Waals surface area (Å²) in [5.74, 6) is 2.55. The number of ether oxygens (including phenoxy) is 2. The molecule has 0 aliphatic carbocycles. The predicted molar refractivity (Wildman–Crippen MR) is 79.5 cm³/mol. The molecule has 3 rings (SSSR count). The SMILES string of the molecule is CNCC1CCN(C(C)c2ccc3c(c2)OCCO3)C1. The third kappa shape index (κ3) is 2.76. The summed E-state index contributed by atoms with van der Waals surface area (Å²) in [6, 6.07) is 6.79. The lowest BCUT2D eigenvalue weighted by Gasteiger charge is -2.26. The Morgan fingerprint density at radius 1 is 1.30 bits per heavy atom. The Kier molecular flexibility index (Phi) is 4.13. The average molecular weight is 276 g/mol. The molecule has 1 N–H and O–H groups in total. The molecule has 0 aromatic heterocycles. The highest BCUT2D eigenvalue weighted by atomic mass is 16.6. The van der Waals surface area contributed by atoms with Gasteiger partial charge in [-0.2, -0.15) is 0 Å². The molecule has 2 aliphatic heterocycles. The number of hydrogen-bond donors (Lipinski definition) is 1. The minimum Gasteiger partial charge on any atom is -0.486 e. The van der Waals surface area contributed by atoms with Crippen LogP contribution in [0.5, 0.6) is 11.5 Å². The summed E-state index contributed by atoms with van der Waals surface area (Å²) in [5.41, 5.74) is 1.32. The van der Waals surface area contributed by atoms with Crippen molar-refractivity contribution >= 4 is 0 Å². The maximum Gasteiger partial charge on any atom is 0.161 e. The Morgan fingerprint density at radius 2 is 2.10 bits per heavy atom. The van der Waals surface area contributed by atoms with Crippen LogP contribution in [0.25, 0.3) is 0 Å². The van der Waals surface area contributed by atoms with Crippen LogP contribution >= 0.6 is 0 Å². The Morgan fingerprint density at radius 3 is 2.90 bits per heavy atom. The molecule has 110 valence electrons. The van der Waals surface area contributed by atoms with Crippen LogP contribution in [0.2, 0.25) is 0 Å². The number of nitrogens with one attached hydrogen (secondary N) is 1. The van der Waals surface area contributed by atoms with Crippen molar-refractivity contribution in [3.05, 3.63) is 23.8 Å². The van der Waals surface area contributed by atoms with Crippen molar-refractivity contribution in [2.75, 3.05) is 39.9 Å². The minimum absolute atomic E-state index is 0.438. The molecule has 1 saturated heterocycles. The highest BCUT2D eigenvalue weighted by Crippen LogP contribution is 2.35. The van der Waals surface area contributed by atoms with Gasteiger partial charge >= 0.3 is 0 Å². The fourth-order valence-corrected chi connectivity index (χ4v) is 3.20. The monoisotopic (exact) mass is 276 g/mol. The highest BCUT2D eigenvalue weighted by Gasteiger charge is 2.27. The summed E-state index contributed by atoms with van der Waals surface area (Å²) in [4.78, 5) is 2.56. The fourth-order valence-electron chi connectivity index (χ4n) is 3.20. The van der Waals surface area contributed by atoms with Crippen LogP contribution in [0.4, 0.5) is 0 Å². The smallest absolute Gasteiger partial charge is 0.161 e. The molecule has 2 heterocycles.